The van der Waals surface area contributed by atoms with Gasteiger partial charge in [0.2, 0.25) is 0 Å². The van der Waals surface area contributed by atoms with Gasteiger partial charge < -0.3 is 4.74 Å². The summed E-state index contributed by atoms with van der Waals surface area (Å²) < 4.78 is 27.9. The van der Waals surface area contributed by atoms with Gasteiger partial charge in [0.25, 0.3) is 9.05 Å². The summed E-state index contributed by atoms with van der Waals surface area (Å²) in [7, 11) is 1.61. The molecule has 88 valence electrons. The molecular weight excluding hydrogens is 248 g/mol. The summed E-state index contributed by atoms with van der Waals surface area (Å²) in [6, 6.07) is 3.05. The lowest BCUT2D eigenvalue weighted by Crippen LogP contribution is -2.01. The van der Waals surface area contributed by atoms with Gasteiger partial charge in [0.05, 0.1) is 4.90 Å². The van der Waals surface area contributed by atoms with Crippen LogP contribution >= 0.6 is 10.7 Å². The van der Waals surface area contributed by atoms with Gasteiger partial charge >= 0.3 is 0 Å². The Kier molecular flexibility index (Phi) is 3.99. The lowest BCUT2D eigenvalue weighted by Gasteiger charge is -2.11. The van der Waals surface area contributed by atoms with Crippen LogP contribution < -0.4 is 4.74 Å². The molecule has 0 spiro atoms. The van der Waals surface area contributed by atoms with E-state index in [0.717, 1.165) is 5.56 Å². The molecule has 0 amide bonds. The summed E-state index contributed by atoms with van der Waals surface area (Å²) in [5.74, 6) is 0.640. The predicted octanol–water partition coefficient (Wildman–Crippen LogP) is 2.80. The minimum atomic E-state index is -3.70. The third-order valence-electron chi connectivity index (χ3n) is 2.31. The lowest BCUT2D eigenvalue weighted by molar-refractivity contribution is 0.360. The highest BCUT2D eigenvalue weighted by Gasteiger charge is 2.16. The fourth-order valence-electron chi connectivity index (χ4n) is 1.34. The minimum absolute atomic E-state index is 0.123. The van der Waals surface area contributed by atoms with Gasteiger partial charge in [-0.3, -0.25) is 0 Å². The van der Waals surface area contributed by atoms with E-state index in [1.54, 1.807) is 26.0 Å². The first kappa shape index (κ1) is 13.1. The van der Waals surface area contributed by atoms with E-state index in [1.807, 2.05) is 0 Å². The maximum atomic E-state index is 11.2. The summed E-state index contributed by atoms with van der Waals surface area (Å²) in [4.78, 5) is 0.123. The van der Waals surface area contributed by atoms with Crippen LogP contribution in [0, 0.1) is 13.8 Å². The maximum absolute atomic E-state index is 11.2. The summed E-state index contributed by atoms with van der Waals surface area (Å²) in [5.41, 5.74) is 1.38. The molecule has 0 saturated carbocycles. The Morgan fingerprint density at radius 2 is 2.00 bits per heavy atom. The van der Waals surface area contributed by atoms with E-state index >= 15 is 0 Å². The third kappa shape index (κ3) is 2.77. The van der Waals surface area contributed by atoms with Crippen molar-refractivity contribution in [3.63, 3.8) is 0 Å². The van der Waals surface area contributed by atoms with Crippen molar-refractivity contribution in [1.82, 2.24) is 0 Å². The van der Waals surface area contributed by atoms with Crippen molar-refractivity contribution >= 4 is 19.7 Å². The molecule has 0 radical (unpaired) electrons. The van der Waals surface area contributed by atoms with Crippen molar-refractivity contribution in [2.45, 2.75) is 18.7 Å². The second kappa shape index (κ2) is 4.89. The van der Waals surface area contributed by atoms with Crippen LogP contribution in [-0.2, 0) is 9.05 Å². The molecule has 5 heteroatoms. The molecule has 0 atom stereocenters. The number of rotatable bonds is 4. The number of hydrogen-bond donors (Lipinski definition) is 0. The first-order valence-corrected chi connectivity index (χ1v) is 6.97. The summed E-state index contributed by atoms with van der Waals surface area (Å²) >= 11 is 0. The molecule has 0 N–H and O–H groups in total. The molecular formula is C11H13ClO3S. The van der Waals surface area contributed by atoms with E-state index in [0.29, 0.717) is 17.9 Å². The second-order valence-corrected chi connectivity index (χ2v) is 5.88. The average molecular weight is 261 g/mol. The molecule has 0 aromatic heterocycles. The van der Waals surface area contributed by atoms with Gasteiger partial charge in [0.1, 0.15) is 12.4 Å². The number of ether oxygens (including phenoxy) is 1. The van der Waals surface area contributed by atoms with Crippen molar-refractivity contribution < 1.29 is 13.2 Å². The standard InChI is InChI=1S/C11H13ClO3S/c1-4-7-15-10-5-6-11(16(12,13)14)9(3)8(10)2/h4-6H,1,7H2,2-3H3. The van der Waals surface area contributed by atoms with Gasteiger partial charge in [-0.25, -0.2) is 8.42 Å². The Bertz CT molecular complexity index is 506. The predicted molar refractivity (Wildman–Crippen MR) is 64.6 cm³/mol. The highest BCUT2D eigenvalue weighted by molar-refractivity contribution is 8.13. The van der Waals surface area contributed by atoms with Crippen LogP contribution in [0.25, 0.3) is 0 Å². The van der Waals surface area contributed by atoms with Crippen LogP contribution in [0.5, 0.6) is 5.75 Å². The SMILES string of the molecule is C=CCOc1ccc(S(=O)(=O)Cl)c(C)c1C. The molecule has 3 nitrogen and oxygen atoms in total. The van der Waals surface area contributed by atoms with E-state index in [1.165, 1.54) is 6.07 Å². The van der Waals surface area contributed by atoms with Crippen LogP contribution in [0.15, 0.2) is 29.7 Å². The Balaban J connectivity index is 3.23. The zero-order chi connectivity index (χ0) is 12.3. The van der Waals surface area contributed by atoms with Gasteiger partial charge in [-0.05, 0) is 37.1 Å². The lowest BCUT2D eigenvalue weighted by atomic mass is 10.1. The Hall–Kier alpha value is -1.00. The average Bonchev–Trinajstić information content (AvgIpc) is 2.18. The Morgan fingerprint density at radius 3 is 2.50 bits per heavy atom. The molecule has 16 heavy (non-hydrogen) atoms. The van der Waals surface area contributed by atoms with Crippen LogP contribution in [0.4, 0.5) is 0 Å². The fourth-order valence-corrected chi connectivity index (χ4v) is 2.59. The molecule has 0 unspecified atom stereocenters. The fraction of sp³-hybridized carbons (Fsp3) is 0.273. The number of benzene rings is 1. The zero-order valence-electron chi connectivity index (χ0n) is 9.16. The monoisotopic (exact) mass is 260 g/mol. The molecule has 0 saturated heterocycles. The highest BCUT2D eigenvalue weighted by Crippen LogP contribution is 2.28. The number of hydrogen-bond acceptors (Lipinski definition) is 3. The first-order valence-electron chi connectivity index (χ1n) is 4.66. The van der Waals surface area contributed by atoms with Gasteiger partial charge in [-0.15, -0.1) is 0 Å². The molecule has 0 aliphatic carbocycles. The van der Waals surface area contributed by atoms with E-state index in [2.05, 4.69) is 6.58 Å². The van der Waals surface area contributed by atoms with Crippen molar-refractivity contribution in [3.8, 4) is 5.75 Å². The molecule has 1 aromatic rings. The highest BCUT2D eigenvalue weighted by atomic mass is 35.7. The molecule has 0 heterocycles. The molecule has 0 fully saturated rings. The normalized spacial score (nSPS) is 11.2. The van der Waals surface area contributed by atoms with E-state index in [9.17, 15) is 8.42 Å². The summed E-state index contributed by atoms with van der Waals surface area (Å²) in [6.07, 6.45) is 1.63. The van der Waals surface area contributed by atoms with Gasteiger partial charge in [-0.1, -0.05) is 12.7 Å². The third-order valence-corrected chi connectivity index (χ3v) is 3.77. The smallest absolute Gasteiger partial charge is 0.261 e. The van der Waals surface area contributed by atoms with E-state index < -0.39 is 9.05 Å². The summed E-state index contributed by atoms with van der Waals surface area (Å²) in [5, 5.41) is 0. The Labute approximate surface area is 100 Å². The van der Waals surface area contributed by atoms with Crippen LogP contribution in [-0.4, -0.2) is 15.0 Å². The Morgan fingerprint density at radius 1 is 1.38 bits per heavy atom. The largest absolute Gasteiger partial charge is 0.489 e. The first-order chi connectivity index (χ1) is 7.38. The minimum Gasteiger partial charge on any atom is -0.489 e. The molecule has 0 aliphatic heterocycles. The van der Waals surface area contributed by atoms with Crippen molar-refractivity contribution in [2.24, 2.45) is 0 Å². The van der Waals surface area contributed by atoms with E-state index in [4.69, 9.17) is 15.4 Å². The van der Waals surface area contributed by atoms with Crippen molar-refractivity contribution in [2.75, 3.05) is 6.61 Å². The molecule has 1 rings (SSSR count). The van der Waals surface area contributed by atoms with Crippen LogP contribution in [0.3, 0.4) is 0 Å². The second-order valence-electron chi connectivity index (χ2n) is 3.35. The molecule has 0 aliphatic rings. The maximum Gasteiger partial charge on any atom is 0.261 e. The zero-order valence-corrected chi connectivity index (χ0v) is 10.7. The topological polar surface area (TPSA) is 43.4 Å². The van der Waals surface area contributed by atoms with E-state index in [-0.39, 0.29) is 4.90 Å². The van der Waals surface area contributed by atoms with Gasteiger partial charge in [0.15, 0.2) is 0 Å². The van der Waals surface area contributed by atoms with Crippen LogP contribution in [0.1, 0.15) is 11.1 Å². The van der Waals surface area contributed by atoms with Crippen molar-refractivity contribution in [1.29, 1.82) is 0 Å². The van der Waals surface area contributed by atoms with Crippen molar-refractivity contribution in [3.05, 3.63) is 35.9 Å². The van der Waals surface area contributed by atoms with Crippen LogP contribution in [0.2, 0.25) is 0 Å². The number of halogens is 1. The summed E-state index contributed by atoms with van der Waals surface area (Å²) in [6.45, 7) is 7.42. The molecule has 1 aromatic carbocycles. The quantitative estimate of drug-likeness (QED) is 0.618. The van der Waals surface area contributed by atoms with Gasteiger partial charge in [0, 0.05) is 10.7 Å². The molecule has 0 bridgehead atoms. The van der Waals surface area contributed by atoms with Gasteiger partial charge in [-0.2, -0.15) is 0 Å².